The van der Waals surface area contributed by atoms with Crippen molar-refractivity contribution in [3.63, 3.8) is 0 Å². The molecule has 0 spiro atoms. The summed E-state index contributed by atoms with van der Waals surface area (Å²) >= 11 is 2.13. The van der Waals surface area contributed by atoms with Gasteiger partial charge in [-0.05, 0) is 55.5 Å². The maximum Gasteiger partial charge on any atom is 0.0187 e. The molecule has 1 saturated carbocycles. The van der Waals surface area contributed by atoms with Gasteiger partial charge in [0.1, 0.15) is 0 Å². The fraction of sp³-hybridized carbons (Fsp3) is 0.684. The molecule has 3 unspecified atom stereocenters. The van der Waals surface area contributed by atoms with Gasteiger partial charge in [0.05, 0.1) is 0 Å². The maximum atomic E-state index is 6.03. The number of hydrogen-bond donors (Lipinski definition) is 1. The van der Waals surface area contributed by atoms with E-state index in [4.69, 9.17) is 5.73 Å². The zero-order chi connectivity index (χ0) is 15.5. The van der Waals surface area contributed by atoms with Crippen LogP contribution in [0.4, 0.5) is 0 Å². The largest absolute Gasteiger partial charge is 0.330 e. The van der Waals surface area contributed by atoms with Crippen molar-refractivity contribution in [3.05, 3.63) is 35.4 Å². The number of thioether (sulfide) groups is 1. The first-order valence-electron chi connectivity index (χ1n) is 8.27. The third kappa shape index (κ3) is 4.75. The van der Waals surface area contributed by atoms with Crippen molar-refractivity contribution < 1.29 is 0 Å². The second kappa shape index (κ2) is 7.19. The van der Waals surface area contributed by atoms with Gasteiger partial charge in [0, 0.05) is 11.0 Å². The summed E-state index contributed by atoms with van der Waals surface area (Å²) in [5.41, 5.74) is 9.27. The summed E-state index contributed by atoms with van der Waals surface area (Å²) in [5.74, 6) is 2.67. The SMILES string of the molecule is Cc1cccc(CSC2CC(C(C)(C)C)CCC2CN)c1. The van der Waals surface area contributed by atoms with Gasteiger partial charge in [-0.1, -0.05) is 50.6 Å². The molecule has 21 heavy (non-hydrogen) atoms. The number of rotatable bonds is 4. The molecule has 1 aliphatic rings. The van der Waals surface area contributed by atoms with Crippen molar-refractivity contribution in [1.29, 1.82) is 0 Å². The summed E-state index contributed by atoms with van der Waals surface area (Å²) in [6.07, 6.45) is 4.00. The first-order valence-corrected chi connectivity index (χ1v) is 9.32. The standard InChI is InChI=1S/C19H31NS/c1-14-6-5-7-15(10-14)13-21-18-11-17(19(2,3)4)9-8-16(18)12-20/h5-7,10,16-18H,8-9,11-13,20H2,1-4H3. The van der Waals surface area contributed by atoms with Crippen molar-refractivity contribution in [2.45, 2.75) is 58.0 Å². The Labute approximate surface area is 135 Å². The van der Waals surface area contributed by atoms with Crippen LogP contribution < -0.4 is 5.73 Å². The van der Waals surface area contributed by atoms with Crippen LogP contribution in [0, 0.1) is 24.2 Å². The van der Waals surface area contributed by atoms with Crippen LogP contribution in [-0.4, -0.2) is 11.8 Å². The smallest absolute Gasteiger partial charge is 0.0187 e. The minimum absolute atomic E-state index is 0.432. The normalized spacial score (nSPS) is 26.8. The average Bonchev–Trinajstić information content (AvgIpc) is 2.44. The summed E-state index contributed by atoms with van der Waals surface area (Å²) in [4.78, 5) is 0. The predicted molar refractivity (Wildman–Crippen MR) is 95.6 cm³/mol. The Morgan fingerprint density at radius 1 is 1.24 bits per heavy atom. The monoisotopic (exact) mass is 305 g/mol. The molecule has 1 aliphatic carbocycles. The fourth-order valence-electron chi connectivity index (χ4n) is 3.46. The topological polar surface area (TPSA) is 26.0 Å². The van der Waals surface area contributed by atoms with Gasteiger partial charge in [-0.3, -0.25) is 0 Å². The molecule has 118 valence electrons. The molecule has 1 nitrogen and oxygen atoms in total. The third-order valence-corrected chi connectivity index (χ3v) is 6.51. The first-order chi connectivity index (χ1) is 9.90. The van der Waals surface area contributed by atoms with Crippen molar-refractivity contribution in [1.82, 2.24) is 0 Å². The number of hydrogen-bond acceptors (Lipinski definition) is 2. The van der Waals surface area contributed by atoms with Crippen molar-refractivity contribution >= 4 is 11.8 Å². The zero-order valence-corrected chi connectivity index (χ0v) is 14.9. The Bertz CT molecular complexity index is 449. The van der Waals surface area contributed by atoms with E-state index in [9.17, 15) is 0 Å². The second-order valence-corrected chi connectivity index (χ2v) is 8.94. The number of benzene rings is 1. The van der Waals surface area contributed by atoms with Gasteiger partial charge in [-0.2, -0.15) is 11.8 Å². The van der Waals surface area contributed by atoms with Gasteiger partial charge in [0.2, 0.25) is 0 Å². The van der Waals surface area contributed by atoms with E-state index < -0.39 is 0 Å². The van der Waals surface area contributed by atoms with Gasteiger partial charge < -0.3 is 5.73 Å². The molecule has 0 amide bonds. The molecule has 1 aromatic carbocycles. The van der Waals surface area contributed by atoms with Crippen LogP contribution in [0.5, 0.6) is 0 Å². The maximum absolute atomic E-state index is 6.03. The van der Waals surface area contributed by atoms with Crippen LogP contribution in [0.15, 0.2) is 24.3 Å². The summed E-state index contributed by atoms with van der Waals surface area (Å²) < 4.78 is 0. The molecule has 0 bridgehead atoms. The molecular weight excluding hydrogens is 274 g/mol. The van der Waals surface area contributed by atoms with Crippen molar-refractivity contribution in [2.24, 2.45) is 23.0 Å². The van der Waals surface area contributed by atoms with Crippen LogP contribution in [0.2, 0.25) is 0 Å². The van der Waals surface area contributed by atoms with Crippen LogP contribution in [-0.2, 0) is 5.75 Å². The molecule has 2 N–H and O–H groups in total. The Hall–Kier alpha value is -0.470. The van der Waals surface area contributed by atoms with E-state index in [1.165, 1.54) is 30.4 Å². The van der Waals surface area contributed by atoms with E-state index in [0.29, 0.717) is 11.3 Å². The van der Waals surface area contributed by atoms with Crippen LogP contribution in [0.3, 0.4) is 0 Å². The van der Waals surface area contributed by atoms with Gasteiger partial charge in [0.25, 0.3) is 0 Å². The molecule has 0 saturated heterocycles. The Morgan fingerprint density at radius 2 is 2.00 bits per heavy atom. The fourth-order valence-corrected chi connectivity index (χ4v) is 4.93. The van der Waals surface area contributed by atoms with Crippen LogP contribution >= 0.6 is 11.8 Å². The lowest BCUT2D eigenvalue weighted by molar-refractivity contribution is 0.157. The second-order valence-electron chi connectivity index (χ2n) is 7.71. The van der Waals surface area contributed by atoms with E-state index in [2.05, 4.69) is 63.7 Å². The highest BCUT2D eigenvalue weighted by Crippen LogP contribution is 2.44. The first kappa shape index (κ1) is 16.9. The molecule has 0 heterocycles. The van der Waals surface area contributed by atoms with Crippen molar-refractivity contribution in [3.8, 4) is 0 Å². The summed E-state index contributed by atoms with van der Waals surface area (Å²) in [6, 6.07) is 8.91. The molecule has 2 heteroatoms. The van der Waals surface area contributed by atoms with Gasteiger partial charge >= 0.3 is 0 Å². The van der Waals surface area contributed by atoms with Gasteiger partial charge in [-0.15, -0.1) is 0 Å². The average molecular weight is 306 g/mol. The van der Waals surface area contributed by atoms with Gasteiger partial charge in [-0.25, -0.2) is 0 Å². The summed E-state index contributed by atoms with van der Waals surface area (Å²) in [7, 11) is 0. The van der Waals surface area contributed by atoms with Crippen LogP contribution in [0.25, 0.3) is 0 Å². The van der Waals surface area contributed by atoms with Gasteiger partial charge in [0.15, 0.2) is 0 Å². The lowest BCUT2D eigenvalue weighted by atomic mass is 9.69. The summed E-state index contributed by atoms with van der Waals surface area (Å²) in [5, 5.41) is 0.730. The quantitative estimate of drug-likeness (QED) is 0.845. The molecule has 1 aromatic rings. The lowest BCUT2D eigenvalue weighted by Gasteiger charge is -2.41. The van der Waals surface area contributed by atoms with Crippen molar-refractivity contribution in [2.75, 3.05) is 6.54 Å². The highest BCUT2D eigenvalue weighted by molar-refractivity contribution is 7.99. The highest BCUT2D eigenvalue weighted by atomic mass is 32.2. The van der Waals surface area contributed by atoms with Crippen LogP contribution in [0.1, 0.15) is 51.2 Å². The molecule has 0 aliphatic heterocycles. The molecule has 0 radical (unpaired) electrons. The lowest BCUT2D eigenvalue weighted by Crippen LogP contribution is -2.36. The van der Waals surface area contributed by atoms with E-state index >= 15 is 0 Å². The molecule has 2 rings (SSSR count). The molecule has 1 fully saturated rings. The van der Waals surface area contributed by atoms with E-state index in [1.54, 1.807) is 0 Å². The summed E-state index contributed by atoms with van der Waals surface area (Å²) in [6.45, 7) is 10.2. The molecule has 0 aromatic heterocycles. The Kier molecular flexibility index (Phi) is 5.79. The number of aryl methyl sites for hydroxylation is 1. The predicted octanol–water partition coefficient (Wildman–Crippen LogP) is 5.02. The number of nitrogens with two attached hydrogens (primary N) is 1. The molecular formula is C19H31NS. The van der Waals surface area contributed by atoms with E-state index in [-0.39, 0.29) is 0 Å². The van der Waals surface area contributed by atoms with E-state index in [0.717, 1.165) is 23.5 Å². The third-order valence-electron chi connectivity index (χ3n) is 5.00. The molecule has 3 atom stereocenters. The highest BCUT2D eigenvalue weighted by Gasteiger charge is 2.35. The Balaban J connectivity index is 1.98. The zero-order valence-electron chi connectivity index (χ0n) is 14.1. The minimum atomic E-state index is 0.432. The minimum Gasteiger partial charge on any atom is -0.330 e. The van der Waals surface area contributed by atoms with E-state index in [1.807, 2.05) is 0 Å². The Morgan fingerprint density at radius 3 is 2.62 bits per heavy atom.